The number of hydrogen-bond donors (Lipinski definition) is 1. The van der Waals surface area contributed by atoms with Crippen LogP contribution in [0, 0.1) is 5.92 Å². The third-order valence-corrected chi connectivity index (χ3v) is 3.68. The highest BCUT2D eigenvalue weighted by molar-refractivity contribution is 5.84. The van der Waals surface area contributed by atoms with E-state index < -0.39 is 0 Å². The maximum atomic E-state index is 11.9. The molecule has 0 aliphatic rings. The van der Waals surface area contributed by atoms with E-state index in [9.17, 15) is 4.79 Å². The van der Waals surface area contributed by atoms with Gasteiger partial charge in [0.1, 0.15) is 5.75 Å². The molecule has 0 bridgehead atoms. The average molecular weight is 299 g/mol. The molecule has 1 unspecified atom stereocenters. The molecule has 1 N–H and O–H groups in total. The summed E-state index contributed by atoms with van der Waals surface area (Å²) >= 11 is 0. The van der Waals surface area contributed by atoms with Crippen molar-refractivity contribution in [3.63, 3.8) is 0 Å². The number of benzene rings is 2. The highest BCUT2D eigenvalue weighted by Crippen LogP contribution is 2.20. The van der Waals surface area contributed by atoms with E-state index in [0.29, 0.717) is 5.92 Å². The number of nitrogens with one attached hydrogen (secondary N) is 1. The molecule has 2 aromatic rings. The molecule has 0 saturated heterocycles. The molecule has 0 aromatic heterocycles. The van der Waals surface area contributed by atoms with E-state index in [1.807, 2.05) is 43.3 Å². The maximum absolute atomic E-state index is 11.9. The molecule has 2 aromatic carbocycles. The van der Waals surface area contributed by atoms with Gasteiger partial charge in [-0.1, -0.05) is 44.2 Å². The fourth-order valence-corrected chi connectivity index (χ4v) is 2.38. The molecule has 0 fully saturated rings. The quantitative estimate of drug-likeness (QED) is 0.833. The molecule has 3 heteroatoms. The van der Waals surface area contributed by atoms with Crippen molar-refractivity contribution >= 4 is 16.7 Å². The summed E-state index contributed by atoms with van der Waals surface area (Å²) in [6, 6.07) is 14.2. The number of fused-ring (bicyclic) bond motifs is 1. The largest absolute Gasteiger partial charge is 0.484 e. The number of carbonyl (C=O) groups excluding carboxylic acids is 1. The van der Waals surface area contributed by atoms with Crippen molar-refractivity contribution < 1.29 is 9.53 Å². The fraction of sp³-hybridized carbons (Fsp3) is 0.421. The highest BCUT2D eigenvalue weighted by atomic mass is 16.5. The van der Waals surface area contributed by atoms with Gasteiger partial charge in [0.25, 0.3) is 5.91 Å². The van der Waals surface area contributed by atoms with Gasteiger partial charge >= 0.3 is 0 Å². The third-order valence-electron chi connectivity index (χ3n) is 3.68. The summed E-state index contributed by atoms with van der Waals surface area (Å²) in [6.07, 6.45) is 2.12. The van der Waals surface area contributed by atoms with Gasteiger partial charge in [-0.05, 0) is 48.6 Å². The summed E-state index contributed by atoms with van der Waals surface area (Å²) in [5.74, 6) is 1.32. The van der Waals surface area contributed by atoms with Crippen LogP contribution in [-0.2, 0) is 4.79 Å². The minimum absolute atomic E-state index is 0.0599. The molecule has 0 heterocycles. The summed E-state index contributed by atoms with van der Waals surface area (Å²) in [5, 5.41) is 5.26. The van der Waals surface area contributed by atoms with Crippen molar-refractivity contribution in [3.05, 3.63) is 42.5 Å². The molecule has 22 heavy (non-hydrogen) atoms. The lowest BCUT2D eigenvalue weighted by molar-refractivity contribution is -0.123. The van der Waals surface area contributed by atoms with Crippen molar-refractivity contribution in [1.82, 2.24) is 5.32 Å². The second kappa shape index (κ2) is 7.83. The van der Waals surface area contributed by atoms with Crippen molar-refractivity contribution in [1.29, 1.82) is 0 Å². The molecule has 0 saturated carbocycles. The summed E-state index contributed by atoms with van der Waals surface area (Å²) < 4.78 is 5.59. The number of rotatable bonds is 7. The van der Waals surface area contributed by atoms with E-state index in [4.69, 9.17) is 4.74 Å². The van der Waals surface area contributed by atoms with Gasteiger partial charge in [0, 0.05) is 6.04 Å². The number of hydrogen-bond acceptors (Lipinski definition) is 2. The van der Waals surface area contributed by atoms with Gasteiger partial charge in [0.2, 0.25) is 0 Å². The van der Waals surface area contributed by atoms with Crippen LogP contribution in [0.2, 0.25) is 0 Å². The Morgan fingerprint density at radius 2 is 1.77 bits per heavy atom. The molecule has 0 spiro atoms. The first kappa shape index (κ1) is 16.3. The fourth-order valence-electron chi connectivity index (χ4n) is 2.38. The topological polar surface area (TPSA) is 38.3 Å². The predicted octanol–water partition coefficient (Wildman–Crippen LogP) is 4.16. The molecule has 0 aliphatic heterocycles. The molecule has 1 atom stereocenters. The SMILES string of the molecule is CC(C)CCC(C)NC(=O)COc1ccc2ccccc2c1. The van der Waals surface area contributed by atoms with Crippen LogP contribution in [0.25, 0.3) is 10.8 Å². The van der Waals surface area contributed by atoms with Crippen LogP contribution in [0.5, 0.6) is 5.75 Å². The number of carbonyl (C=O) groups is 1. The Labute approximate surface area is 132 Å². The summed E-state index contributed by atoms with van der Waals surface area (Å²) in [5.41, 5.74) is 0. The Bertz CT molecular complexity index is 622. The molecule has 0 radical (unpaired) electrons. The minimum atomic E-state index is -0.0654. The van der Waals surface area contributed by atoms with Crippen LogP contribution in [0.4, 0.5) is 0 Å². The Morgan fingerprint density at radius 3 is 2.50 bits per heavy atom. The molecule has 1 amide bonds. The Balaban J connectivity index is 1.82. The van der Waals surface area contributed by atoms with Gasteiger partial charge in [-0.3, -0.25) is 4.79 Å². The third kappa shape index (κ3) is 5.06. The minimum Gasteiger partial charge on any atom is -0.484 e. The highest BCUT2D eigenvalue weighted by Gasteiger charge is 2.09. The first-order valence-corrected chi connectivity index (χ1v) is 7.95. The van der Waals surface area contributed by atoms with Gasteiger partial charge in [-0.2, -0.15) is 0 Å². The Morgan fingerprint density at radius 1 is 1.05 bits per heavy atom. The van der Waals surface area contributed by atoms with E-state index in [1.54, 1.807) is 0 Å². The summed E-state index contributed by atoms with van der Waals surface area (Å²) in [4.78, 5) is 11.9. The Kier molecular flexibility index (Phi) is 5.82. The van der Waals surface area contributed by atoms with Crippen LogP contribution >= 0.6 is 0 Å². The van der Waals surface area contributed by atoms with E-state index >= 15 is 0 Å². The normalized spacial score (nSPS) is 12.4. The average Bonchev–Trinajstić information content (AvgIpc) is 2.50. The van der Waals surface area contributed by atoms with Crippen LogP contribution < -0.4 is 10.1 Å². The van der Waals surface area contributed by atoms with E-state index in [-0.39, 0.29) is 18.6 Å². The van der Waals surface area contributed by atoms with E-state index in [2.05, 4.69) is 25.2 Å². The van der Waals surface area contributed by atoms with Crippen LogP contribution in [0.1, 0.15) is 33.6 Å². The van der Waals surface area contributed by atoms with Crippen LogP contribution in [-0.4, -0.2) is 18.6 Å². The van der Waals surface area contributed by atoms with Gasteiger partial charge < -0.3 is 10.1 Å². The zero-order valence-corrected chi connectivity index (χ0v) is 13.6. The molecular formula is C19H25NO2. The van der Waals surface area contributed by atoms with Crippen molar-refractivity contribution in [2.24, 2.45) is 5.92 Å². The zero-order valence-electron chi connectivity index (χ0n) is 13.6. The van der Waals surface area contributed by atoms with Gasteiger partial charge in [0.15, 0.2) is 6.61 Å². The molecule has 118 valence electrons. The summed E-state index contributed by atoms with van der Waals surface area (Å²) in [6.45, 7) is 6.48. The molecule has 2 rings (SSSR count). The lowest BCUT2D eigenvalue weighted by atomic mass is 10.0. The molecular weight excluding hydrogens is 274 g/mol. The number of ether oxygens (including phenoxy) is 1. The standard InChI is InChI=1S/C19H25NO2/c1-14(2)8-9-15(3)20-19(21)13-22-18-11-10-16-6-4-5-7-17(16)12-18/h4-7,10-12,14-15H,8-9,13H2,1-3H3,(H,20,21). The van der Waals surface area contributed by atoms with Gasteiger partial charge in [-0.15, -0.1) is 0 Å². The van der Waals surface area contributed by atoms with Crippen LogP contribution in [0.3, 0.4) is 0 Å². The smallest absolute Gasteiger partial charge is 0.258 e. The van der Waals surface area contributed by atoms with E-state index in [0.717, 1.165) is 24.0 Å². The van der Waals surface area contributed by atoms with Gasteiger partial charge in [0.05, 0.1) is 0 Å². The molecule has 0 aliphatic carbocycles. The van der Waals surface area contributed by atoms with Crippen molar-refractivity contribution in [3.8, 4) is 5.75 Å². The van der Waals surface area contributed by atoms with Gasteiger partial charge in [-0.25, -0.2) is 0 Å². The second-order valence-corrected chi connectivity index (χ2v) is 6.24. The maximum Gasteiger partial charge on any atom is 0.258 e. The monoisotopic (exact) mass is 299 g/mol. The van der Waals surface area contributed by atoms with E-state index in [1.165, 1.54) is 5.39 Å². The number of amides is 1. The first-order chi connectivity index (χ1) is 10.5. The van der Waals surface area contributed by atoms with Crippen molar-refractivity contribution in [2.45, 2.75) is 39.7 Å². The molecule has 3 nitrogen and oxygen atoms in total. The zero-order chi connectivity index (χ0) is 15.9. The van der Waals surface area contributed by atoms with Crippen LogP contribution in [0.15, 0.2) is 42.5 Å². The summed E-state index contributed by atoms with van der Waals surface area (Å²) in [7, 11) is 0. The van der Waals surface area contributed by atoms with Crippen molar-refractivity contribution in [2.75, 3.05) is 6.61 Å². The predicted molar refractivity (Wildman–Crippen MR) is 91.1 cm³/mol. The lowest BCUT2D eigenvalue weighted by Crippen LogP contribution is -2.36. The lowest BCUT2D eigenvalue weighted by Gasteiger charge is -2.15. The Hall–Kier alpha value is -2.03. The second-order valence-electron chi connectivity index (χ2n) is 6.24. The first-order valence-electron chi connectivity index (χ1n) is 7.95.